The number of esters is 1. The van der Waals surface area contributed by atoms with Crippen molar-refractivity contribution in [1.29, 1.82) is 0 Å². The Hall–Kier alpha value is -2.38. The monoisotopic (exact) mass is 283 g/mol. The Labute approximate surface area is 115 Å². The molecule has 1 aromatic heterocycles. The summed E-state index contributed by atoms with van der Waals surface area (Å²) in [7, 11) is 0. The predicted octanol–water partition coefficient (Wildman–Crippen LogP) is -0.135. The standard InChI is InChI=1S/C12H17N3O5/c1-6(2)11-10(7(3)15-20-11)12(18)19-5-9(17)14-4-8(13)16/h6H,4-5H2,1-3H3,(H2,13,16)(H,14,17). The van der Waals surface area contributed by atoms with Gasteiger partial charge in [-0.3, -0.25) is 9.59 Å². The summed E-state index contributed by atoms with van der Waals surface area (Å²) < 4.78 is 9.90. The molecule has 2 amide bonds. The second-order valence-corrected chi connectivity index (χ2v) is 4.48. The summed E-state index contributed by atoms with van der Waals surface area (Å²) in [6, 6.07) is 0. The lowest BCUT2D eigenvalue weighted by atomic mass is 10.1. The fraction of sp³-hybridized carbons (Fsp3) is 0.500. The topological polar surface area (TPSA) is 125 Å². The molecule has 0 aliphatic carbocycles. The van der Waals surface area contributed by atoms with Crippen molar-refractivity contribution in [3.8, 4) is 0 Å². The van der Waals surface area contributed by atoms with Crippen LogP contribution in [0.5, 0.6) is 0 Å². The first kappa shape index (κ1) is 15.7. The molecule has 0 radical (unpaired) electrons. The number of nitrogens with two attached hydrogens (primary N) is 1. The number of primary amides is 1. The SMILES string of the molecule is Cc1noc(C(C)C)c1C(=O)OCC(=O)NCC(N)=O. The van der Waals surface area contributed by atoms with Crippen molar-refractivity contribution >= 4 is 17.8 Å². The number of hydrogen-bond donors (Lipinski definition) is 2. The van der Waals surface area contributed by atoms with Crippen LogP contribution in [0.15, 0.2) is 4.52 Å². The lowest BCUT2D eigenvalue weighted by Gasteiger charge is -2.06. The van der Waals surface area contributed by atoms with Gasteiger partial charge in [0.2, 0.25) is 5.91 Å². The van der Waals surface area contributed by atoms with Crippen molar-refractivity contribution in [1.82, 2.24) is 10.5 Å². The highest BCUT2D eigenvalue weighted by Crippen LogP contribution is 2.22. The van der Waals surface area contributed by atoms with E-state index in [0.29, 0.717) is 11.5 Å². The highest BCUT2D eigenvalue weighted by molar-refractivity contribution is 5.93. The van der Waals surface area contributed by atoms with Crippen LogP contribution in [0.2, 0.25) is 0 Å². The Bertz CT molecular complexity index is 521. The van der Waals surface area contributed by atoms with Crippen LogP contribution in [-0.2, 0) is 14.3 Å². The molecule has 1 rings (SSSR count). The van der Waals surface area contributed by atoms with Gasteiger partial charge in [0, 0.05) is 5.92 Å². The van der Waals surface area contributed by atoms with Gasteiger partial charge in [-0.1, -0.05) is 19.0 Å². The van der Waals surface area contributed by atoms with Crippen molar-refractivity contribution < 1.29 is 23.6 Å². The van der Waals surface area contributed by atoms with Gasteiger partial charge in [0.05, 0.1) is 12.2 Å². The van der Waals surface area contributed by atoms with Crippen molar-refractivity contribution in [3.63, 3.8) is 0 Å². The summed E-state index contributed by atoms with van der Waals surface area (Å²) in [6.07, 6.45) is 0. The minimum absolute atomic E-state index is 0.0394. The molecule has 0 bridgehead atoms. The number of hydrogen-bond acceptors (Lipinski definition) is 6. The zero-order valence-corrected chi connectivity index (χ0v) is 11.6. The molecular formula is C12H17N3O5. The van der Waals surface area contributed by atoms with Gasteiger partial charge in [-0.2, -0.15) is 0 Å². The normalized spacial score (nSPS) is 10.4. The smallest absolute Gasteiger partial charge is 0.344 e. The van der Waals surface area contributed by atoms with E-state index in [4.69, 9.17) is 15.0 Å². The number of amides is 2. The van der Waals surface area contributed by atoms with Gasteiger partial charge in [0.15, 0.2) is 12.4 Å². The van der Waals surface area contributed by atoms with E-state index in [1.54, 1.807) is 6.92 Å². The average Bonchev–Trinajstić information content (AvgIpc) is 2.75. The number of rotatable bonds is 6. The van der Waals surface area contributed by atoms with Crippen LogP contribution >= 0.6 is 0 Å². The molecule has 0 aliphatic heterocycles. The van der Waals surface area contributed by atoms with E-state index >= 15 is 0 Å². The molecular weight excluding hydrogens is 266 g/mol. The van der Waals surface area contributed by atoms with Gasteiger partial charge < -0.3 is 20.3 Å². The molecule has 0 saturated carbocycles. The van der Waals surface area contributed by atoms with Crippen LogP contribution < -0.4 is 11.1 Å². The fourth-order valence-corrected chi connectivity index (χ4v) is 1.47. The molecule has 1 aromatic rings. The minimum Gasteiger partial charge on any atom is -0.452 e. The van der Waals surface area contributed by atoms with E-state index in [1.165, 1.54) is 0 Å². The Balaban J connectivity index is 2.61. The third-order valence-electron chi connectivity index (χ3n) is 2.41. The molecule has 8 nitrogen and oxygen atoms in total. The summed E-state index contributed by atoms with van der Waals surface area (Å²) in [4.78, 5) is 33.7. The van der Waals surface area contributed by atoms with Gasteiger partial charge >= 0.3 is 5.97 Å². The summed E-state index contributed by atoms with van der Waals surface area (Å²) in [6.45, 7) is 4.49. The third kappa shape index (κ3) is 4.08. The number of carbonyl (C=O) groups excluding carboxylic acids is 3. The molecule has 0 fully saturated rings. The van der Waals surface area contributed by atoms with Gasteiger partial charge in [0.25, 0.3) is 5.91 Å². The quantitative estimate of drug-likeness (QED) is 0.700. The second-order valence-electron chi connectivity index (χ2n) is 4.48. The number of carbonyl (C=O) groups is 3. The van der Waals surface area contributed by atoms with Crippen LogP contribution in [0.4, 0.5) is 0 Å². The van der Waals surface area contributed by atoms with Crippen LogP contribution in [0, 0.1) is 6.92 Å². The van der Waals surface area contributed by atoms with Crippen LogP contribution in [0.3, 0.4) is 0 Å². The zero-order chi connectivity index (χ0) is 15.3. The Morgan fingerprint density at radius 2 is 2.05 bits per heavy atom. The number of nitrogens with zero attached hydrogens (tertiary/aromatic N) is 1. The number of aromatic nitrogens is 1. The molecule has 0 atom stereocenters. The van der Waals surface area contributed by atoms with E-state index in [1.807, 2.05) is 13.8 Å². The molecule has 20 heavy (non-hydrogen) atoms. The van der Waals surface area contributed by atoms with Gasteiger partial charge in [-0.25, -0.2) is 4.79 Å². The average molecular weight is 283 g/mol. The molecule has 0 saturated heterocycles. The minimum atomic E-state index is -0.693. The highest BCUT2D eigenvalue weighted by Gasteiger charge is 2.24. The second kappa shape index (κ2) is 6.69. The molecule has 0 aliphatic rings. The predicted molar refractivity (Wildman–Crippen MR) is 67.8 cm³/mol. The molecule has 0 unspecified atom stereocenters. The Morgan fingerprint density at radius 3 is 2.60 bits per heavy atom. The van der Waals surface area contributed by atoms with Crippen molar-refractivity contribution in [2.45, 2.75) is 26.7 Å². The largest absolute Gasteiger partial charge is 0.452 e. The van der Waals surface area contributed by atoms with Gasteiger partial charge in [-0.15, -0.1) is 0 Å². The van der Waals surface area contributed by atoms with E-state index in [0.717, 1.165) is 0 Å². The Kier molecular flexibility index (Phi) is 5.24. The summed E-state index contributed by atoms with van der Waals surface area (Å²) >= 11 is 0. The number of ether oxygens (including phenoxy) is 1. The van der Waals surface area contributed by atoms with Gasteiger partial charge in [0.1, 0.15) is 5.56 Å². The maximum Gasteiger partial charge on any atom is 0.344 e. The first-order valence-electron chi connectivity index (χ1n) is 6.01. The maximum absolute atomic E-state index is 11.9. The zero-order valence-electron chi connectivity index (χ0n) is 11.6. The summed E-state index contributed by atoms with van der Waals surface area (Å²) in [5, 5.41) is 5.91. The van der Waals surface area contributed by atoms with Crippen molar-refractivity contribution in [3.05, 3.63) is 17.0 Å². The Morgan fingerprint density at radius 1 is 1.40 bits per heavy atom. The third-order valence-corrected chi connectivity index (χ3v) is 2.41. The molecule has 1 heterocycles. The highest BCUT2D eigenvalue weighted by atomic mass is 16.5. The summed E-state index contributed by atoms with van der Waals surface area (Å²) in [5.74, 6) is -1.62. The van der Waals surface area contributed by atoms with Crippen molar-refractivity contribution in [2.24, 2.45) is 5.73 Å². The van der Waals surface area contributed by atoms with Crippen LogP contribution in [0.25, 0.3) is 0 Å². The van der Waals surface area contributed by atoms with E-state index in [9.17, 15) is 14.4 Å². The molecule has 0 spiro atoms. The van der Waals surface area contributed by atoms with E-state index < -0.39 is 24.4 Å². The first-order valence-corrected chi connectivity index (χ1v) is 6.01. The number of nitrogens with one attached hydrogen (secondary N) is 1. The number of aryl methyl sites for hydroxylation is 1. The summed E-state index contributed by atoms with van der Waals surface area (Å²) in [5.41, 5.74) is 5.49. The molecule has 8 heteroatoms. The molecule has 110 valence electrons. The molecule has 3 N–H and O–H groups in total. The molecule has 0 aromatic carbocycles. The van der Waals surface area contributed by atoms with Gasteiger partial charge in [-0.05, 0) is 6.92 Å². The fourth-order valence-electron chi connectivity index (χ4n) is 1.47. The van der Waals surface area contributed by atoms with Crippen LogP contribution in [-0.4, -0.2) is 36.1 Å². The van der Waals surface area contributed by atoms with E-state index in [-0.39, 0.29) is 18.0 Å². The van der Waals surface area contributed by atoms with Crippen molar-refractivity contribution in [2.75, 3.05) is 13.2 Å². The van der Waals surface area contributed by atoms with E-state index in [2.05, 4.69) is 10.5 Å². The van der Waals surface area contributed by atoms with Crippen LogP contribution in [0.1, 0.15) is 41.6 Å². The lowest BCUT2D eigenvalue weighted by Crippen LogP contribution is -2.36. The lowest BCUT2D eigenvalue weighted by molar-refractivity contribution is -0.127. The first-order chi connectivity index (χ1) is 9.32. The maximum atomic E-state index is 11.9.